The molecule has 1 saturated heterocycles. The number of pyridine rings is 1. The minimum Gasteiger partial charge on any atom is -0.487 e. The zero-order valence-electron chi connectivity index (χ0n) is 14.3. The number of likely N-dealkylation sites (tertiary alicyclic amines) is 1. The van der Waals surface area contributed by atoms with Crippen LogP contribution in [0.15, 0.2) is 60.9 Å². The van der Waals surface area contributed by atoms with Gasteiger partial charge in [0.2, 0.25) is 5.91 Å². The summed E-state index contributed by atoms with van der Waals surface area (Å²) < 4.78 is 5.94. The Kier molecular flexibility index (Phi) is 4.76. The van der Waals surface area contributed by atoms with E-state index in [9.17, 15) is 4.79 Å². The normalized spacial score (nSPS) is 16.8. The molecule has 4 nitrogen and oxygen atoms in total. The first-order valence-electron chi connectivity index (χ1n) is 8.71. The summed E-state index contributed by atoms with van der Waals surface area (Å²) in [7, 11) is 0. The highest BCUT2D eigenvalue weighted by Crippen LogP contribution is 2.26. The van der Waals surface area contributed by atoms with Crippen LogP contribution in [-0.2, 0) is 11.2 Å². The molecule has 1 amide bonds. The van der Waals surface area contributed by atoms with Crippen molar-refractivity contribution in [3.05, 3.63) is 71.5 Å². The minimum absolute atomic E-state index is 0.0358. The van der Waals surface area contributed by atoms with Gasteiger partial charge in [-0.3, -0.25) is 9.78 Å². The van der Waals surface area contributed by atoms with E-state index >= 15 is 0 Å². The highest BCUT2D eigenvalue weighted by Gasteiger charge is 2.28. The molecule has 3 aromatic rings. The number of hydrogen-bond donors (Lipinski definition) is 0. The number of ether oxygens (including phenoxy) is 1. The summed E-state index contributed by atoms with van der Waals surface area (Å²) in [5.74, 6) is 0.753. The third-order valence-corrected chi connectivity index (χ3v) is 5.03. The van der Waals surface area contributed by atoms with Crippen molar-refractivity contribution in [1.29, 1.82) is 0 Å². The largest absolute Gasteiger partial charge is 0.487 e. The smallest absolute Gasteiger partial charge is 0.227 e. The molecule has 132 valence electrons. The molecule has 0 radical (unpaired) electrons. The number of nitrogens with zero attached hydrogens (tertiary/aromatic N) is 2. The molecular weight excluding hydrogens is 348 g/mol. The molecule has 1 aliphatic rings. The van der Waals surface area contributed by atoms with Crippen LogP contribution in [-0.4, -0.2) is 35.0 Å². The van der Waals surface area contributed by atoms with Crippen LogP contribution in [0.1, 0.15) is 12.0 Å². The van der Waals surface area contributed by atoms with Crippen LogP contribution in [0.4, 0.5) is 0 Å². The van der Waals surface area contributed by atoms with Crippen LogP contribution in [0.3, 0.4) is 0 Å². The summed E-state index contributed by atoms with van der Waals surface area (Å²) in [5.41, 5.74) is 1.06. The second kappa shape index (κ2) is 7.34. The molecule has 1 atom stereocenters. The van der Waals surface area contributed by atoms with E-state index in [2.05, 4.69) is 23.2 Å². The second-order valence-corrected chi connectivity index (χ2v) is 6.90. The molecule has 0 N–H and O–H groups in total. The molecule has 0 aliphatic carbocycles. The van der Waals surface area contributed by atoms with Crippen molar-refractivity contribution < 1.29 is 9.53 Å². The first-order chi connectivity index (χ1) is 12.7. The fourth-order valence-corrected chi connectivity index (χ4v) is 3.57. The highest BCUT2D eigenvalue weighted by molar-refractivity contribution is 6.31. The lowest BCUT2D eigenvalue weighted by atomic mass is 10.0. The Balaban J connectivity index is 1.42. The molecule has 5 heteroatoms. The summed E-state index contributed by atoms with van der Waals surface area (Å²) >= 11 is 6.10. The van der Waals surface area contributed by atoms with Gasteiger partial charge in [0, 0.05) is 31.4 Å². The Labute approximate surface area is 157 Å². The van der Waals surface area contributed by atoms with E-state index < -0.39 is 0 Å². The Morgan fingerprint density at radius 2 is 2.04 bits per heavy atom. The summed E-state index contributed by atoms with van der Waals surface area (Å²) in [6.07, 6.45) is 4.39. The van der Waals surface area contributed by atoms with Gasteiger partial charge in [0.25, 0.3) is 0 Å². The first-order valence-corrected chi connectivity index (χ1v) is 9.09. The number of halogens is 1. The Morgan fingerprint density at radius 1 is 1.19 bits per heavy atom. The number of rotatable bonds is 4. The van der Waals surface area contributed by atoms with E-state index in [-0.39, 0.29) is 12.0 Å². The monoisotopic (exact) mass is 366 g/mol. The van der Waals surface area contributed by atoms with Crippen molar-refractivity contribution >= 4 is 28.3 Å². The molecule has 0 unspecified atom stereocenters. The maximum atomic E-state index is 12.8. The molecule has 1 aliphatic heterocycles. The van der Waals surface area contributed by atoms with Crippen LogP contribution < -0.4 is 4.74 Å². The van der Waals surface area contributed by atoms with E-state index in [0.29, 0.717) is 30.3 Å². The van der Waals surface area contributed by atoms with E-state index in [4.69, 9.17) is 16.3 Å². The quantitative estimate of drug-likeness (QED) is 0.697. The van der Waals surface area contributed by atoms with Crippen molar-refractivity contribution in [3.8, 4) is 5.75 Å². The van der Waals surface area contributed by atoms with Crippen molar-refractivity contribution in [3.63, 3.8) is 0 Å². The fraction of sp³-hybridized carbons (Fsp3) is 0.238. The van der Waals surface area contributed by atoms with E-state index in [1.807, 2.05) is 29.2 Å². The number of carbonyl (C=O) groups excluding carboxylic acids is 1. The Hall–Kier alpha value is -2.59. The van der Waals surface area contributed by atoms with Gasteiger partial charge in [-0.15, -0.1) is 0 Å². The van der Waals surface area contributed by atoms with Gasteiger partial charge in [0.15, 0.2) is 0 Å². The van der Waals surface area contributed by atoms with Gasteiger partial charge in [-0.1, -0.05) is 54.1 Å². The van der Waals surface area contributed by atoms with Crippen molar-refractivity contribution in [1.82, 2.24) is 9.88 Å². The Morgan fingerprint density at radius 3 is 2.92 bits per heavy atom. The van der Waals surface area contributed by atoms with E-state index in [0.717, 1.165) is 22.8 Å². The predicted octanol–water partition coefficient (Wildman–Crippen LogP) is 4.11. The molecule has 2 heterocycles. The minimum atomic E-state index is -0.0358. The molecule has 26 heavy (non-hydrogen) atoms. The van der Waals surface area contributed by atoms with Crippen LogP contribution in [0, 0.1) is 0 Å². The third kappa shape index (κ3) is 3.51. The lowest BCUT2D eigenvalue weighted by molar-refractivity contribution is -0.129. The van der Waals surface area contributed by atoms with Gasteiger partial charge in [-0.05, 0) is 16.3 Å². The molecule has 1 aromatic heterocycles. The standard InChI is InChI=1S/C21H19ClN2O2/c22-19-13-23-10-8-20(19)26-17-9-11-24(14-17)21(25)12-16-6-3-5-15-4-1-2-7-18(15)16/h1-8,10,13,17H,9,11-12,14H2/t17-/m0/s1. The van der Waals surface area contributed by atoms with Crippen LogP contribution >= 0.6 is 11.6 Å². The van der Waals surface area contributed by atoms with Gasteiger partial charge in [0.05, 0.1) is 13.0 Å². The summed E-state index contributed by atoms with van der Waals surface area (Å²) in [6, 6.07) is 16.0. The summed E-state index contributed by atoms with van der Waals surface area (Å²) in [5, 5.41) is 2.79. The number of hydrogen-bond acceptors (Lipinski definition) is 3. The van der Waals surface area contributed by atoms with Crippen molar-refractivity contribution in [2.24, 2.45) is 0 Å². The maximum Gasteiger partial charge on any atom is 0.227 e. The second-order valence-electron chi connectivity index (χ2n) is 6.49. The summed E-state index contributed by atoms with van der Waals surface area (Å²) in [4.78, 5) is 18.6. The number of fused-ring (bicyclic) bond motifs is 1. The van der Waals surface area contributed by atoms with E-state index in [1.165, 1.54) is 0 Å². The lowest BCUT2D eigenvalue weighted by Crippen LogP contribution is -2.32. The van der Waals surface area contributed by atoms with Crippen LogP contribution in [0.25, 0.3) is 10.8 Å². The molecular formula is C21H19ClN2O2. The van der Waals surface area contributed by atoms with Gasteiger partial charge < -0.3 is 9.64 Å². The first kappa shape index (κ1) is 16.9. The number of carbonyl (C=O) groups is 1. The summed E-state index contributed by atoms with van der Waals surface area (Å²) in [6.45, 7) is 1.29. The van der Waals surface area contributed by atoms with Gasteiger partial charge >= 0.3 is 0 Å². The number of aromatic nitrogens is 1. The van der Waals surface area contributed by atoms with Crippen molar-refractivity contribution in [2.45, 2.75) is 18.9 Å². The van der Waals surface area contributed by atoms with Crippen molar-refractivity contribution in [2.75, 3.05) is 13.1 Å². The molecule has 1 fully saturated rings. The molecule has 0 bridgehead atoms. The SMILES string of the molecule is O=C(Cc1cccc2ccccc12)N1CC[C@H](Oc2ccncc2Cl)C1. The third-order valence-electron chi connectivity index (χ3n) is 4.75. The highest BCUT2D eigenvalue weighted by atomic mass is 35.5. The van der Waals surface area contributed by atoms with E-state index in [1.54, 1.807) is 18.5 Å². The Bertz CT molecular complexity index is 939. The maximum absolute atomic E-state index is 12.8. The van der Waals surface area contributed by atoms with Crippen LogP contribution in [0.2, 0.25) is 5.02 Å². The van der Waals surface area contributed by atoms with Crippen LogP contribution in [0.5, 0.6) is 5.75 Å². The predicted molar refractivity (Wildman–Crippen MR) is 103 cm³/mol. The molecule has 4 rings (SSSR count). The average Bonchev–Trinajstić information content (AvgIpc) is 3.13. The van der Waals surface area contributed by atoms with Gasteiger partial charge in [-0.2, -0.15) is 0 Å². The lowest BCUT2D eigenvalue weighted by Gasteiger charge is -2.18. The molecule has 0 spiro atoms. The molecule has 0 saturated carbocycles. The van der Waals surface area contributed by atoms with Gasteiger partial charge in [-0.25, -0.2) is 0 Å². The number of amides is 1. The van der Waals surface area contributed by atoms with Gasteiger partial charge in [0.1, 0.15) is 16.9 Å². The fourth-order valence-electron chi connectivity index (χ4n) is 3.41. The number of benzene rings is 2. The molecule has 2 aromatic carbocycles. The average molecular weight is 367 g/mol. The topological polar surface area (TPSA) is 42.4 Å². The zero-order chi connectivity index (χ0) is 17.9. The zero-order valence-corrected chi connectivity index (χ0v) is 15.0.